The van der Waals surface area contributed by atoms with Gasteiger partial charge in [0.15, 0.2) is 0 Å². The Labute approximate surface area is 130 Å². The SMILES string of the molecule is [2H]c1c([2H])c([C@@H](O)[C@H](C)NCCc2ccc(O)cc2)c([2H])c([2H])c1O. The minimum Gasteiger partial charge on any atom is -0.508 e. The summed E-state index contributed by atoms with van der Waals surface area (Å²) in [6.07, 6.45) is -0.601. The van der Waals surface area contributed by atoms with Gasteiger partial charge in [-0.3, -0.25) is 0 Å². The predicted octanol–water partition coefficient (Wildman–Crippen LogP) is 2.35. The Bertz CT molecular complexity index is 724. The van der Waals surface area contributed by atoms with Crippen LogP contribution in [0.3, 0.4) is 0 Å². The third-order valence-corrected chi connectivity index (χ3v) is 3.22. The average molecular weight is 291 g/mol. The molecule has 2 rings (SSSR count). The Morgan fingerprint density at radius 1 is 1.05 bits per heavy atom. The maximum atomic E-state index is 10.4. The maximum absolute atomic E-state index is 10.4. The van der Waals surface area contributed by atoms with Crippen molar-refractivity contribution in [3.63, 3.8) is 0 Å². The number of hydrogen-bond acceptors (Lipinski definition) is 4. The van der Waals surface area contributed by atoms with Crippen LogP contribution >= 0.6 is 0 Å². The van der Waals surface area contributed by atoms with Gasteiger partial charge in [-0.25, -0.2) is 0 Å². The Morgan fingerprint density at radius 3 is 2.29 bits per heavy atom. The van der Waals surface area contributed by atoms with Crippen LogP contribution in [0.1, 0.15) is 29.6 Å². The first-order valence-electron chi connectivity index (χ1n) is 8.72. The topological polar surface area (TPSA) is 72.7 Å². The molecule has 0 spiro atoms. The van der Waals surface area contributed by atoms with Crippen molar-refractivity contribution in [2.24, 2.45) is 0 Å². The Balaban J connectivity index is 2.07. The van der Waals surface area contributed by atoms with E-state index in [1.807, 2.05) is 0 Å². The maximum Gasteiger partial charge on any atom is 0.115 e. The fourth-order valence-corrected chi connectivity index (χ4v) is 1.93. The van der Waals surface area contributed by atoms with Crippen LogP contribution in [0.25, 0.3) is 0 Å². The number of rotatable bonds is 6. The summed E-state index contributed by atoms with van der Waals surface area (Å²) in [5.41, 5.74) is 0.860. The molecule has 0 saturated heterocycles. The van der Waals surface area contributed by atoms with Crippen molar-refractivity contribution in [2.75, 3.05) is 6.54 Å². The Morgan fingerprint density at radius 2 is 1.67 bits per heavy atom. The molecule has 4 nitrogen and oxygen atoms in total. The van der Waals surface area contributed by atoms with Crippen molar-refractivity contribution in [1.29, 1.82) is 0 Å². The van der Waals surface area contributed by atoms with E-state index in [9.17, 15) is 15.3 Å². The third-order valence-electron chi connectivity index (χ3n) is 3.22. The van der Waals surface area contributed by atoms with Gasteiger partial charge in [-0.1, -0.05) is 24.2 Å². The minimum absolute atomic E-state index is 0.141. The van der Waals surface area contributed by atoms with Crippen molar-refractivity contribution in [3.05, 3.63) is 59.6 Å². The van der Waals surface area contributed by atoms with Gasteiger partial charge in [0, 0.05) is 6.04 Å². The molecule has 0 radical (unpaired) electrons. The molecule has 112 valence electrons. The monoisotopic (exact) mass is 291 g/mol. The summed E-state index contributed by atoms with van der Waals surface area (Å²) in [6, 6.07) is 4.23. The average Bonchev–Trinajstić information content (AvgIpc) is 2.60. The highest BCUT2D eigenvalue weighted by Crippen LogP contribution is 2.19. The summed E-state index contributed by atoms with van der Waals surface area (Å²) in [6.45, 7) is 2.20. The summed E-state index contributed by atoms with van der Waals surface area (Å²) < 4.78 is 31.0. The van der Waals surface area contributed by atoms with Gasteiger partial charge in [-0.2, -0.15) is 0 Å². The fraction of sp³-hybridized carbons (Fsp3) is 0.294. The molecule has 2 aromatic rings. The summed E-state index contributed by atoms with van der Waals surface area (Å²) >= 11 is 0. The number of benzene rings is 2. The molecule has 0 aromatic heterocycles. The van der Waals surface area contributed by atoms with E-state index in [1.165, 1.54) is 0 Å². The van der Waals surface area contributed by atoms with Gasteiger partial charge in [-0.15, -0.1) is 0 Å². The van der Waals surface area contributed by atoms with Gasteiger partial charge in [0.2, 0.25) is 0 Å². The highest BCUT2D eigenvalue weighted by molar-refractivity contribution is 5.28. The molecule has 0 saturated carbocycles. The van der Waals surface area contributed by atoms with Crippen LogP contribution < -0.4 is 5.32 Å². The van der Waals surface area contributed by atoms with Gasteiger partial charge in [-0.05, 0) is 55.2 Å². The lowest BCUT2D eigenvalue weighted by Crippen LogP contribution is -2.33. The largest absolute Gasteiger partial charge is 0.508 e. The normalized spacial score (nSPS) is 16.5. The lowest BCUT2D eigenvalue weighted by atomic mass is 10.0. The molecule has 0 bridgehead atoms. The van der Waals surface area contributed by atoms with E-state index in [1.54, 1.807) is 31.2 Å². The Hall–Kier alpha value is -2.04. The zero-order chi connectivity index (χ0) is 18.7. The predicted molar refractivity (Wildman–Crippen MR) is 82.3 cm³/mol. The molecule has 21 heavy (non-hydrogen) atoms. The van der Waals surface area contributed by atoms with E-state index in [0.717, 1.165) is 5.56 Å². The highest BCUT2D eigenvalue weighted by Gasteiger charge is 2.15. The lowest BCUT2D eigenvalue weighted by Gasteiger charge is -2.20. The number of phenols is 2. The van der Waals surface area contributed by atoms with Gasteiger partial charge in [0.25, 0.3) is 0 Å². The van der Waals surface area contributed by atoms with Gasteiger partial charge >= 0.3 is 0 Å². The zero-order valence-corrected chi connectivity index (χ0v) is 11.7. The summed E-state index contributed by atoms with van der Waals surface area (Å²) in [5.74, 6) is -0.532. The molecule has 4 N–H and O–H groups in total. The van der Waals surface area contributed by atoms with Crippen molar-refractivity contribution < 1.29 is 20.8 Å². The van der Waals surface area contributed by atoms with E-state index in [2.05, 4.69) is 5.32 Å². The van der Waals surface area contributed by atoms with E-state index in [-0.39, 0.29) is 11.3 Å². The van der Waals surface area contributed by atoms with E-state index in [4.69, 9.17) is 5.48 Å². The second-order valence-corrected chi connectivity index (χ2v) is 4.87. The number of phenolic OH excluding ortho intramolecular Hbond substituents is 2. The van der Waals surface area contributed by atoms with Crippen LogP contribution in [-0.4, -0.2) is 27.9 Å². The first-order valence-corrected chi connectivity index (χ1v) is 6.72. The van der Waals surface area contributed by atoms with Gasteiger partial charge < -0.3 is 20.6 Å². The minimum atomic E-state index is -1.26. The van der Waals surface area contributed by atoms with Crippen molar-refractivity contribution in [1.82, 2.24) is 5.32 Å². The van der Waals surface area contributed by atoms with E-state index >= 15 is 0 Å². The van der Waals surface area contributed by atoms with Crippen LogP contribution in [0, 0.1) is 0 Å². The molecule has 0 aliphatic carbocycles. The number of aliphatic hydroxyl groups excluding tert-OH is 1. The molecule has 2 atom stereocenters. The summed E-state index contributed by atoms with van der Waals surface area (Å²) in [7, 11) is 0. The number of hydrogen-bond donors (Lipinski definition) is 4. The number of nitrogens with one attached hydrogen (secondary N) is 1. The Kier molecular flexibility index (Phi) is 3.61. The van der Waals surface area contributed by atoms with Crippen molar-refractivity contribution in [2.45, 2.75) is 25.5 Å². The molecule has 0 aliphatic rings. The van der Waals surface area contributed by atoms with Crippen LogP contribution in [0.15, 0.2) is 48.4 Å². The lowest BCUT2D eigenvalue weighted by molar-refractivity contribution is 0.136. The first-order chi connectivity index (χ1) is 11.7. The van der Waals surface area contributed by atoms with Crippen molar-refractivity contribution in [3.8, 4) is 11.5 Å². The molecule has 0 fully saturated rings. The molecule has 0 unspecified atom stereocenters. The summed E-state index contributed by atoms with van der Waals surface area (Å²) in [4.78, 5) is 0. The molecule has 0 amide bonds. The summed E-state index contributed by atoms with van der Waals surface area (Å²) in [5, 5.41) is 32.4. The highest BCUT2D eigenvalue weighted by atomic mass is 16.3. The first kappa shape index (κ1) is 10.7. The second-order valence-electron chi connectivity index (χ2n) is 4.87. The van der Waals surface area contributed by atoms with E-state index in [0.29, 0.717) is 13.0 Å². The van der Waals surface area contributed by atoms with Crippen LogP contribution in [0.4, 0.5) is 0 Å². The molecular weight excluding hydrogens is 266 g/mol. The molecule has 2 aromatic carbocycles. The molecule has 4 heteroatoms. The molecule has 0 aliphatic heterocycles. The third kappa shape index (κ3) is 4.48. The number of aromatic hydroxyl groups is 2. The smallest absolute Gasteiger partial charge is 0.115 e. The zero-order valence-electron chi connectivity index (χ0n) is 15.7. The molecule has 0 heterocycles. The molecular formula is C17H21NO3. The fourth-order valence-electron chi connectivity index (χ4n) is 1.93. The van der Waals surface area contributed by atoms with Crippen LogP contribution in [0.2, 0.25) is 0 Å². The van der Waals surface area contributed by atoms with Gasteiger partial charge in [0.1, 0.15) is 11.5 Å². The number of aliphatic hydroxyl groups is 1. The van der Waals surface area contributed by atoms with Crippen LogP contribution in [0.5, 0.6) is 11.5 Å². The quantitative estimate of drug-likeness (QED) is 0.659. The standard InChI is InChI=1S/C17H21NO3/c1-12(17(21)14-4-8-16(20)9-5-14)18-11-10-13-2-6-15(19)7-3-13/h2-9,12,17-21H,10-11H2,1H3/t12-,17-/m0/s1/i4D,5D,8D,9D. The van der Waals surface area contributed by atoms with Gasteiger partial charge in [0.05, 0.1) is 11.6 Å². The van der Waals surface area contributed by atoms with E-state index < -0.39 is 42.1 Å². The second kappa shape index (κ2) is 7.11. The van der Waals surface area contributed by atoms with Crippen LogP contribution in [-0.2, 0) is 6.42 Å². The van der Waals surface area contributed by atoms with Crippen molar-refractivity contribution >= 4 is 0 Å².